The maximum absolute atomic E-state index is 11.4. The summed E-state index contributed by atoms with van der Waals surface area (Å²) in [5, 5.41) is 10.6. The van der Waals surface area contributed by atoms with Gasteiger partial charge in [0, 0.05) is 30.8 Å². The second-order valence-electron chi connectivity index (χ2n) is 6.48. The van der Waals surface area contributed by atoms with Gasteiger partial charge in [-0.2, -0.15) is 0 Å². The quantitative estimate of drug-likeness (QED) is 0.865. The van der Waals surface area contributed by atoms with E-state index in [1.807, 2.05) is 24.3 Å². The number of carbonyl (C=O) groups excluding carboxylic acids is 1. The standard InChI is InChI=1S/C19H20N2O4/c1-12(22)14-3-5-19(20-9-14)21-7-6-15(16(23)10-21)13-2-4-17-18(8-13)25-11-24-17/h2-5,8-9,15-16,23H,6-7,10-11H2,1H3/t15-,16+/m0/s1. The fourth-order valence-electron chi connectivity index (χ4n) is 3.45. The molecule has 1 saturated heterocycles. The first-order chi connectivity index (χ1) is 12.1. The number of ether oxygens (including phenoxy) is 2. The number of aliphatic hydroxyl groups excluding tert-OH is 1. The van der Waals surface area contributed by atoms with Crippen molar-refractivity contribution in [3.05, 3.63) is 47.7 Å². The second kappa shape index (κ2) is 6.37. The molecule has 0 saturated carbocycles. The second-order valence-corrected chi connectivity index (χ2v) is 6.48. The highest BCUT2D eigenvalue weighted by molar-refractivity contribution is 5.93. The lowest BCUT2D eigenvalue weighted by atomic mass is 9.87. The predicted octanol–water partition coefficient (Wildman–Crippen LogP) is 2.37. The third kappa shape index (κ3) is 3.05. The van der Waals surface area contributed by atoms with Gasteiger partial charge >= 0.3 is 0 Å². The number of anilines is 1. The van der Waals surface area contributed by atoms with Gasteiger partial charge in [0.2, 0.25) is 6.79 Å². The van der Waals surface area contributed by atoms with Crippen LogP contribution in [0.4, 0.5) is 5.82 Å². The molecule has 1 aromatic carbocycles. The molecule has 0 aliphatic carbocycles. The number of carbonyl (C=O) groups is 1. The number of hydrogen-bond donors (Lipinski definition) is 1. The third-order valence-electron chi connectivity index (χ3n) is 4.89. The molecule has 6 heteroatoms. The Morgan fingerprint density at radius 1 is 1.24 bits per heavy atom. The highest BCUT2D eigenvalue weighted by Gasteiger charge is 2.30. The van der Waals surface area contributed by atoms with E-state index in [0.717, 1.165) is 35.8 Å². The summed E-state index contributed by atoms with van der Waals surface area (Å²) in [5.74, 6) is 2.34. The minimum atomic E-state index is -0.497. The number of nitrogens with zero attached hydrogens (tertiary/aromatic N) is 2. The Hall–Kier alpha value is -2.60. The topological polar surface area (TPSA) is 71.9 Å². The lowest BCUT2D eigenvalue weighted by Crippen LogP contribution is -2.43. The van der Waals surface area contributed by atoms with Crippen LogP contribution in [0.2, 0.25) is 0 Å². The summed E-state index contributed by atoms with van der Waals surface area (Å²) in [7, 11) is 0. The minimum absolute atomic E-state index is 0.000557. The van der Waals surface area contributed by atoms with E-state index in [1.165, 1.54) is 6.92 Å². The third-order valence-corrected chi connectivity index (χ3v) is 4.89. The number of pyridine rings is 1. The normalized spacial score (nSPS) is 22.1. The molecule has 0 amide bonds. The molecule has 1 fully saturated rings. The Morgan fingerprint density at radius 3 is 2.80 bits per heavy atom. The van der Waals surface area contributed by atoms with E-state index in [1.54, 1.807) is 12.3 Å². The zero-order valence-electron chi connectivity index (χ0n) is 14.0. The van der Waals surface area contributed by atoms with Crippen LogP contribution in [0.15, 0.2) is 36.5 Å². The lowest BCUT2D eigenvalue weighted by molar-refractivity contribution is 0.101. The molecule has 0 radical (unpaired) electrons. The SMILES string of the molecule is CC(=O)c1ccc(N2CC[C@@H](c3ccc4c(c3)OCO4)[C@H](O)C2)nc1. The molecule has 2 atom stereocenters. The summed E-state index contributed by atoms with van der Waals surface area (Å²) in [6.07, 6.45) is 1.91. The van der Waals surface area contributed by atoms with Gasteiger partial charge in [0.1, 0.15) is 5.82 Å². The van der Waals surface area contributed by atoms with Gasteiger partial charge in [-0.1, -0.05) is 6.07 Å². The molecule has 1 aromatic heterocycles. The van der Waals surface area contributed by atoms with Crippen LogP contribution in [0.25, 0.3) is 0 Å². The fraction of sp³-hybridized carbons (Fsp3) is 0.368. The molecule has 25 heavy (non-hydrogen) atoms. The van der Waals surface area contributed by atoms with Gasteiger partial charge < -0.3 is 19.5 Å². The first kappa shape index (κ1) is 15.9. The van der Waals surface area contributed by atoms with E-state index < -0.39 is 6.10 Å². The van der Waals surface area contributed by atoms with Crippen molar-refractivity contribution in [3.63, 3.8) is 0 Å². The largest absolute Gasteiger partial charge is 0.454 e. The van der Waals surface area contributed by atoms with Crippen molar-refractivity contribution in [1.82, 2.24) is 4.98 Å². The summed E-state index contributed by atoms with van der Waals surface area (Å²) in [5.41, 5.74) is 1.66. The highest BCUT2D eigenvalue weighted by Crippen LogP contribution is 2.38. The average molecular weight is 340 g/mol. The molecule has 1 N–H and O–H groups in total. The van der Waals surface area contributed by atoms with Gasteiger partial charge in [-0.05, 0) is 43.2 Å². The number of benzene rings is 1. The monoisotopic (exact) mass is 340 g/mol. The van der Waals surface area contributed by atoms with Crippen LogP contribution in [0.3, 0.4) is 0 Å². The minimum Gasteiger partial charge on any atom is -0.454 e. The fourth-order valence-corrected chi connectivity index (χ4v) is 3.45. The molecule has 130 valence electrons. The van der Waals surface area contributed by atoms with Crippen molar-refractivity contribution in [3.8, 4) is 11.5 Å². The molecular formula is C19H20N2O4. The van der Waals surface area contributed by atoms with Crippen molar-refractivity contribution < 1.29 is 19.4 Å². The number of Topliss-reactive ketones (excluding diaryl/α,β-unsaturated/α-hetero) is 1. The van der Waals surface area contributed by atoms with Crippen molar-refractivity contribution in [2.75, 3.05) is 24.8 Å². The van der Waals surface area contributed by atoms with Crippen LogP contribution in [-0.2, 0) is 0 Å². The Morgan fingerprint density at radius 2 is 2.08 bits per heavy atom. The van der Waals surface area contributed by atoms with Crippen molar-refractivity contribution >= 4 is 11.6 Å². The van der Waals surface area contributed by atoms with Crippen LogP contribution in [0.5, 0.6) is 11.5 Å². The molecule has 3 heterocycles. The van der Waals surface area contributed by atoms with Crippen LogP contribution >= 0.6 is 0 Å². The van der Waals surface area contributed by atoms with E-state index in [2.05, 4.69) is 9.88 Å². The number of piperidine rings is 1. The Kier molecular flexibility index (Phi) is 4.05. The summed E-state index contributed by atoms with van der Waals surface area (Å²) in [6, 6.07) is 9.48. The molecule has 4 rings (SSSR count). The number of fused-ring (bicyclic) bond motifs is 1. The van der Waals surface area contributed by atoms with Gasteiger partial charge in [-0.25, -0.2) is 4.98 Å². The van der Waals surface area contributed by atoms with Gasteiger partial charge in [-0.3, -0.25) is 4.79 Å². The number of β-amino-alcohol motifs (C(OH)–C–C–N with tert-alkyl or cyclic N) is 1. The first-order valence-corrected chi connectivity index (χ1v) is 8.41. The molecule has 0 unspecified atom stereocenters. The lowest BCUT2D eigenvalue weighted by Gasteiger charge is -2.37. The number of ketones is 1. The maximum atomic E-state index is 11.4. The van der Waals surface area contributed by atoms with Gasteiger partial charge in [-0.15, -0.1) is 0 Å². The predicted molar refractivity (Wildman–Crippen MR) is 92.4 cm³/mol. The maximum Gasteiger partial charge on any atom is 0.231 e. The Bertz CT molecular complexity index is 791. The summed E-state index contributed by atoms with van der Waals surface area (Å²) < 4.78 is 10.8. The molecular weight excluding hydrogens is 320 g/mol. The van der Waals surface area contributed by atoms with Crippen LogP contribution in [0.1, 0.15) is 35.2 Å². The van der Waals surface area contributed by atoms with Crippen LogP contribution in [-0.4, -0.2) is 41.9 Å². The number of aliphatic hydroxyl groups is 1. The summed E-state index contributed by atoms with van der Waals surface area (Å²) in [4.78, 5) is 17.8. The van der Waals surface area contributed by atoms with Crippen LogP contribution < -0.4 is 14.4 Å². The molecule has 2 aliphatic rings. The van der Waals surface area contributed by atoms with E-state index in [4.69, 9.17) is 9.47 Å². The molecule has 2 aromatic rings. The summed E-state index contributed by atoms with van der Waals surface area (Å²) >= 11 is 0. The molecule has 6 nitrogen and oxygen atoms in total. The summed E-state index contributed by atoms with van der Waals surface area (Å²) in [6.45, 7) is 3.08. The average Bonchev–Trinajstić information content (AvgIpc) is 3.09. The molecule has 0 bridgehead atoms. The zero-order valence-corrected chi connectivity index (χ0v) is 14.0. The van der Waals surface area contributed by atoms with Crippen LogP contribution in [0, 0.1) is 0 Å². The number of aromatic nitrogens is 1. The smallest absolute Gasteiger partial charge is 0.231 e. The van der Waals surface area contributed by atoms with E-state index in [-0.39, 0.29) is 18.5 Å². The Balaban J connectivity index is 1.47. The first-order valence-electron chi connectivity index (χ1n) is 8.41. The Labute approximate surface area is 146 Å². The van der Waals surface area contributed by atoms with E-state index >= 15 is 0 Å². The van der Waals surface area contributed by atoms with Crippen molar-refractivity contribution in [2.24, 2.45) is 0 Å². The number of rotatable bonds is 3. The van der Waals surface area contributed by atoms with Gasteiger partial charge in [0.25, 0.3) is 0 Å². The zero-order chi connectivity index (χ0) is 17.4. The highest BCUT2D eigenvalue weighted by atomic mass is 16.7. The molecule has 0 spiro atoms. The van der Waals surface area contributed by atoms with Crippen molar-refractivity contribution in [1.29, 1.82) is 0 Å². The van der Waals surface area contributed by atoms with E-state index in [0.29, 0.717) is 12.1 Å². The van der Waals surface area contributed by atoms with E-state index in [9.17, 15) is 9.90 Å². The van der Waals surface area contributed by atoms with Crippen molar-refractivity contribution in [2.45, 2.75) is 25.4 Å². The number of hydrogen-bond acceptors (Lipinski definition) is 6. The van der Waals surface area contributed by atoms with Gasteiger partial charge in [0.15, 0.2) is 17.3 Å². The molecule has 2 aliphatic heterocycles. The van der Waals surface area contributed by atoms with Gasteiger partial charge in [0.05, 0.1) is 6.10 Å².